The molecule has 0 spiro atoms. The Morgan fingerprint density at radius 2 is 1.11 bits per heavy atom. The van der Waals surface area contributed by atoms with E-state index in [0.717, 1.165) is 11.8 Å². The van der Waals surface area contributed by atoms with Gasteiger partial charge in [0.1, 0.15) is 0 Å². The number of rotatable bonds is 0. The first kappa shape index (κ1) is 7.07. The summed E-state index contributed by atoms with van der Waals surface area (Å²) in [6.45, 7) is 8.84. The van der Waals surface area contributed by atoms with Gasteiger partial charge in [-0.1, -0.05) is 13.8 Å². The molecule has 1 saturated heterocycles. The Morgan fingerprint density at radius 1 is 0.778 bits per heavy atom. The van der Waals surface area contributed by atoms with Crippen LogP contribution in [-0.2, 0) is 4.74 Å². The summed E-state index contributed by atoms with van der Waals surface area (Å²) in [5.74, 6) is 1.47. The minimum Gasteiger partial charge on any atom is -0.375 e. The van der Waals surface area contributed by atoms with Crippen molar-refractivity contribution in [3.8, 4) is 0 Å². The van der Waals surface area contributed by atoms with E-state index in [9.17, 15) is 0 Å². The molecule has 0 N–H and O–H groups in total. The van der Waals surface area contributed by atoms with Gasteiger partial charge in [0.25, 0.3) is 0 Å². The lowest BCUT2D eigenvalue weighted by atomic mass is 9.92. The third kappa shape index (κ3) is 1.11. The van der Waals surface area contributed by atoms with Gasteiger partial charge >= 0.3 is 0 Å². The van der Waals surface area contributed by atoms with Crippen LogP contribution in [0.15, 0.2) is 0 Å². The van der Waals surface area contributed by atoms with Gasteiger partial charge in [-0.05, 0) is 25.7 Å². The van der Waals surface area contributed by atoms with Crippen LogP contribution < -0.4 is 0 Å². The highest BCUT2D eigenvalue weighted by Crippen LogP contribution is 2.30. The molecule has 0 aromatic carbocycles. The summed E-state index contributed by atoms with van der Waals surface area (Å²) in [4.78, 5) is 0. The first-order valence-corrected chi connectivity index (χ1v) is 3.78. The minimum atomic E-state index is 0.468. The molecule has 0 unspecified atom stereocenters. The van der Waals surface area contributed by atoms with E-state index in [1.807, 2.05) is 0 Å². The van der Waals surface area contributed by atoms with Crippen LogP contribution in [0, 0.1) is 11.8 Å². The first-order chi connectivity index (χ1) is 4.13. The largest absolute Gasteiger partial charge is 0.375 e. The van der Waals surface area contributed by atoms with Gasteiger partial charge in [-0.15, -0.1) is 0 Å². The highest BCUT2D eigenvalue weighted by molar-refractivity contribution is 4.80. The Labute approximate surface area is 57.4 Å². The molecular weight excluding hydrogens is 112 g/mol. The summed E-state index contributed by atoms with van der Waals surface area (Å²) >= 11 is 0. The van der Waals surface area contributed by atoms with Crippen molar-refractivity contribution in [1.29, 1.82) is 0 Å². The van der Waals surface area contributed by atoms with Gasteiger partial charge in [-0.2, -0.15) is 0 Å². The lowest BCUT2D eigenvalue weighted by molar-refractivity contribution is 0.0524. The Balaban J connectivity index is 2.54. The molecule has 1 aliphatic rings. The molecule has 1 nitrogen and oxygen atoms in total. The van der Waals surface area contributed by atoms with Crippen molar-refractivity contribution in [3.63, 3.8) is 0 Å². The van der Waals surface area contributed by atoms with Crippen molar-refractivity contribution in [2.24, 2.45) is 11.8 Å². The zero-order valence-electron chi connectivity index (χ0n) is 6.72. The number of hydrogen-bond acceptors (Lipinski definition) is 1. The summed E-state index contributed by atoms with van der Waals surface area (Å²) in [5, 5.41) is 0. The van der Waals surface area contributed by atoms with Crippen LogP contribution in [0.25, 0.3) is 0 Å². The van der Waals surface area contributed by atoms with Crippen LogP contribution in [0.3, 0.4) is 0 Å². The molecular formula is C8H16O. The molecule has 0 amide bonds. The predicted octanol–water partition coefficient (Wildman–Crippen LogP) is 2.07. The smallest absolute Gasteiger partial charge is 0.0579 e. The monoisotopic (exact) mass is 128 g/mol. The van der Waals surface area contributed by atoms with E-state index in [1.54, 1.807) is 0 Å². The molecule has 1 aliphatic heterocycles. The minimum absolute atomic E-state index is 0.468. The number of ether oxygens (including phenoxy) is 1. The molecule has 1 heteroatoms. The lowest BCUT2D eigenvalue weighted by Gasteiger charge is -2.10. The summed E-state index contributed by atoms with van der Waals surface area (Å²) in [7, 11) is 0. The van der Waals surface area contributed by atoms with Gasteiger partial charge in [0.15, 0.2) is 0 Å². The van der Waals surface area contributed by atoms with Crippen LogP contribution in [-0.4, -0.2) is 12.2 Å². The Bertz CT molecular complexity index is 88.7. The van der Waals surface area contributed by atoms with Crippen molar-refractivity contribution < 1.29 is 4.74 Å². The summed E-state index contributed by atoms with van der Waals surface area (Å²) in [6.07, 6.45) is 0.935. The lowest BCUT2D eigenvalue weighted by Crippen LogP contribution is -2.12. The molecule has 1 heterocycles. The second kappa shape index (κ2) is 2.30. The third-order valence-corrected chi connectivity index (χ3v) is 2.74. The molecule has 1 fully saturated rings. The topological polar surface area (TPSA) is 9.23 Å². The average Bonchev–Trinajstić information content (AvgIpc) is 1.98. The quantitative estimate of drug-likeness (QED) is 0.485. The predicted molar refractivity (Wildman–Crippen MR) is 38.3 cm³/mol. The SMILES string of the molecule is C[C@@H]1[C@H](C)[C@H](C)O[C@@H]1C. The van der Waals surface area contributed by atoms with Crippen molar-refractivity contribution in [1.82, 2.24) is 0 Å². The van der Waals surface area contributed by atoms with Gasteiger partial charge in [0.05, 0.1) is 12.2 Å². The van der Waals surface area contributed by atoms with Gasteiger partial charge in [0.2, 0.25) is 0 Å². The molecule has 9 heavy (non-hydrogen) atoms. The Morgan fingerprint density at radius 3 is 1.22 bits per heavy atom. The van der Waals surface area contributed by atoms with Crippen LogP contribution in [0.2, 0.25) is 0 Å². The van der Waals surface area contributed by atoms with Crippen molar-refractivity contribution in [2.45, 2.75) is 39.9 Å². The normalized spacial score (nSPS) is 52.0. The van der Waals surface area contributed by atoms with E-state index >= 15 is 0 Å². The maximum Gasteiger partial charge on any atom is 0.0579 e. The van der Waals surface area contributed by atoms with Gasteiger partial charge in [0, 0.05) is 0 Å². The fourth-order valence-electron chi connectivity index (χ4n) is 1.44. The van der Waals surface area contributed by atoms with Crippen LogP contribution in [0.5, 0.6) is 0 Å². The van der Waals surface area contributed by atoms with Crippen molar-refractivity contribution in [3.05, 3.63) is 0 Å². The van der Waals surface area contributed by atoms with Crippen molar-refractivity contribution >= 4 is 0 Å². The standard InChI is InChI=1S/C8H16O/c1-5-6(2)8(4)9-7(5)3/h5-8H,1-4H3/t5-,6+,7-,8+. The Kier molecular flexibility index (Phi) is 1.80. The fourth-order valence-corrected chi connectivity index (χ4v) is 1.44. The van der Waals surface area contributed by atoms with Crippen molar-refractivity contribution in [2.75, 3.05) is 0 Å². The zero-order chi connectivity index (χ0) is 7.02. The molecule has 54 valence electrons. The van der Waals surface area contributed by atoms with Crippen LogP contribution in [0.4, 0.5) is 0 Å². The maximum atomic E-state index is 5.59. The molecule has 4 atom stereocenters. The maximum absolute atomic E-state index is 5.59. The summed E-state index contributed by atoms with van der Waals surface area (Å²) < 4.78 is 5.59. The summed E-state index contributed by atoms with van der Waals surface area (Å²) in [6, 6.07) is 0. The molecule has 0 radical (unpaired) electrons. The van der Waals surface area contributed by atoms with E-state index in [-0.39, 0.29) is 0 Å². The molecule has 0 aromatic rings. The van der Waals surface area contributed by atoms with E-state index in [2.05, 4.69) is 27.7 Å². The van der Waals surface area contributed by atoms with E-state index in [0.29, 0.717) is 12.2 Å². The highest BCUT2D eigenvalue weighted by atomic mass is 16.5. The second-order valence-corrected chi connectivity index (χ2v) is 3.26. The second-order valence-electron chi connectivity index (χ2n) is 3.26. The van der Waals surface area contributed by atoms with Crippen LogP contribution >= 0.6 is 0 Å². The zero-order valence-corrected chi connectivity index (χ0v) is 6.72. The summed E-state index contributed by atoms with van der Waals surface area (Å²) in [5.41, 5.74) is 0. The van der Waals surface area contributed by atoms with E-state index < -0.39 is 0 Å². The third-order valence-electron chi connectivity index (χ3n) is 2.74. The molecule has 0 aromatic heterocycles. The van der Waals surface area contributed by atoms with E-state index in [4.69, 9.17) is 4.74 Å². The van der Waals surface area contributed by atoms with Crippen LogP contribution in [0.1, 0.15) is 27.7 Å². The molecule has 0 bridgehead atoms. The average molecular weight is 128 g/mol. The number of hydrogen-bond donors (Lipinski definition) is 0. The Hall–Kier alpha value is -0.0400. The van der Waals surface area contributed by atoms with Gasteiger partial charge < -0.3 is 4.74 Å². The highest BCUT2D eigenvalue weighted by Gasteiger charge is 2.32. The van der Waals surface area contributed by atoms with E-state index in [1.165, 1.54) is 0 Å². The fraction of sp³-hybridized carbons (Fsp3) is 1.00. The molecule has 0 saturated carbocycles. The first-order valence-electron chi connectivity index (χ1n) is 3.78. The molecule has 1 rings (SSSR count). The van der Waals surface area contributed by atoms with Gasteiger partial charge in [-0.25, -0.2) is 0 Å². The molecule has 0 aliphatic carbocycles. The van der Waals surface area contributed by atoms with Gasteiger partial charge in [-0.3, -0.25) is 0 Å².